The van der Waals surface area contributed by atoms with E-state index in [0.717, 1.165) is 12.1 Å². The highest BCUT2D eigenvalue weighted by atomic mass is 32.2. The van der Waals surface area contributed by atoms with E-state index in [9.17, 15) is 21.9 Å². The Hall–Kier alpha value is -1.88. The van der Waals surface area contributed by atoms with Crippen molar-refractivity contribution in [2.24, 2.45) is 0 Å². The summed E-state index contributed by atoms with van der Waals surface area (Å²) in [7, 11) is -9.42. The molecule has 0 radical (unpaired) electrons. The van der Waals surface area contributed by atoms with Crippen molar-refractivity contribution in [2.45, 2.75) is 9.79 Å². The highest BCUT2D eigenvalue weighted by Gasteiger charge is 2.23. The highest BCUT2D eigenvalue weighted by molar-refractivity contribution is 7.86. The maximum Gasteiger partial charge on any atom is 0.296 e. The molecule has 0 atom stereocenters. The van der Waals surface area contributed by atoms with Crippen LogP contribution in [-0.2, 0) is 20.2 Å². The molecule has 10 heteroatoms. The van der Waals surface area contributed by atoms with Gasteiger partial charge in [-0.3, -0.25) is 9.11 Å². The fraction of sp³-hybridized carbons (Fsp3) is 0. The molecule has 5 N–H and O–H groups in total. The van der Waals surface area contributed by atoms with E-state index in [1.54, 1.807) is 0 Å². The van der Waals surface area contributed by atoms with Gasteiger partial charge in [-0.2, -0.15) is 16.8 Å². The number of hydrogen-bond donors (Lipinski definition) is 4. The van der Waals surface area contributed by atoms with Crippen LogP contribution in [0.4, 0.5) is 5.69 Å². The number of nitrogens with two attached hydrogens (primary N) is 1. The van der Waals surface area contributed by atoms with Crippen LogP contribution in [0.3, 0.4) is 0 Å². The third-order valence-corrected chi connectivity index (χ3v) is 4.48. The minimum absolute atomic E-state index is 0.0787. The summed E-state index contributed by atoms with van der Waals surface area (Å²) in [6, 6.07) is 4.30. The molecular weight excluding hydrogens is 310 g/mol. The number of hydrogen-bond acceptors (Lipinski definition) is 6. The number of nitrogen functional groups attached to an aromatic ring is 1. The van der Waals surface area contributed by atoms with Crippen LogP contribution in [0, 0.1) is 0 Å². The second-order valence-electron chi connectivity index (χ2n) is 3.94. The van der Waals surface area contributed by atoms with Gasteiger partial charge in [-0.05, 0) is 12.1 Å². The standard InChI is InChI=1S/C10H9NO7S2/c11-9-8(20(16,17)18)4-6-5(10(9)12)2-1-3-7(6)19(13,14)15/h1-4,12H,11H2,(H,13,14,15)(H,16,17,18). The van der Waals surface area contributed by atoms with Gasteiger partial charge in [0.05, 0.1) is 5.69 Å². The van der Waals surface area contributed by atoms with Crippen LogP contribution < -0.4 is 5.73 Å². The molecule has 2 aromatic rings. The quantitative estimate of drug-likeness (QED) is 0.356. The van der Waals surface area contributed by atoms with E-state index in [1.165, 1.54) is 12.1 Å². The van der Waals surface area contributed by atoms with Gasteiger partial charge in [0.25, 0.3) is 20.2 Å². The summed E-state index contributed by atoms with van der Waals surface area (Å²) >= 11 is 0. The van der Waals surface area contributed by atoms with E-state index in [-0.39, 0.29) is 10.8 Å². The summed E-state index contributed by atoms with van der Waals surface area (Å²) in [5, 5.41) is 9.45. The number of anilines is 1. The van der Waals surface area contributed by atoms with Gasteiger partial charge in [-0.25, -0.2) is 0 Å². The van der Waals surface area contributed by atoms with Gasteiger partial charge < -0.3 is 10.8 Å². The monoisotopic (exact) mass is 319 g/mol. The first-order valence-electron chi connectivity index (χ1n) is 5.02. The minimum atomic E-state index is -4.77. The van der Waals surface area contributed by atoms with Crippen molar-refractivity contribution in [3.63, 3.8) is 0 Å². The fourth-order valence-corrected chi connectivity index (χ4v) is 3.15. The molecule has 0 aliphatic carbocycles. The van der Waals surface area contributed by atoms with Crippen molar-refractivity contribution < 1.29 is 31.0 Å². The van der Waals surface area contributed by atoms with Crippen LogP contribution in [0.25, 0.3) is 10.8 Å². The zero-order valence-electron chi connectivity index (χ0n) is 9.68. The van der Waals surface area contributed by atoms with Gasteiger partial charge >= 0.3 is 0 Å². The lowest BCUT2D eigenvalue weighted by Gasteiger charge is -2.10. The van der Waals surface area contributed by atoms with Crippen molar-refractivity contribution in [3.05, 3.63) is 24.3 Å². The van der Waals surface area contributed by atoms with E-state index in [0.29, 0.717) is 0 Å². The maximum atomic E-state index is 11.2. The Labute approximate surface area is 114 Å². The van der Waals surface area contributed by atoms with Gasteiger partial charge in [0.2, 0.25) is 0 Å². The van der Waals surface area contributed by atoms with E-state index < -0.39 is 41.5 Å². The molecule has 108 valence electrons. The topological polar surface area (TPSA) is 155 Å². The van der Waals surface area contributed by atoms with Crippen LogP contribution in [0.5, 0.6) is 5.75 Å². The normalized spacial score (nSPS) is 12.7. The molecule has 0 aliphatic heterocycles. The van der Waals surface area contributed by atoms with Gasteiger partial charge in [0, 0.05) is 10.8 Å². The third-order valence-electron chi connectivity index (χ3n) is 2.67. The van der Waals surface area contributed by atoms with Crippen molar-refractivity contribution in [2.75, 3.05) is 5.73 Å². The average molecular weight is 319 g/mol. The van der Waals surface area contributed by atoms with Crippen LogP contribution >= 0.6 is 0 Å². The summed E-state index contributed by atoms with van der Waals surface area (Å²) in [4.78, 5) is -1.46. The largest absolute Gasteiger partial charge is 0.505 e. The lowest BCUT2D eigenvalue weighted by atomic mass is 10.1. The van der Waals surface area contributed by atoms with Crippen LogP contribution in [0.2, 0.25) is 0 Å². The Morgan fingerprint density at radius 2 is 1.45 bits per heavy atom. The Kier molecular flexibility index (Phi) is 3.13. The molecule has 2 rings (SSSR count). The first kappa shape index (κ1) is 14.5. The summed E-state index contributed by atoms with van der Waals surface area (Å²) in [5.74, 6) is -0.708. The summed E-state index contributed by atoms with van der Waals surface area (Å²) in [6.07, 6.45) is 0. The van der Waals surface area contributed by atoms with Crippen molar-refractivity contribution in [1.82, 2.24) is 0 Å². The fourth-order valence-electron chi connectivity index (χ4n) is 1.81. The van der Waals surface area contributed by atoms with Crippen molar-refractivity contribution in [1.29, 1.82) is 0 Å². The molecule has 20 heavy (non-hydrogen) atoms. The Bertz CT molecular complexity index is 916. The maximum absolute atomic E-state index is 11.2. The van der Waals surface area contributed by atoms with Crippen molar-refractivity contribution in [3.8, 4) is 5.75 Å². The Morgan fingerprint density at radius 3 is 1.95 bits per heavy atom. The number of fused-ring (bicyclic) bond motifs is 1. The summed E-state index contributed by atoms with van der Waals surface area (Å²) in [6.45, 7) is 0. The Morgan fingerprint density at radius 1 is 0.900 bits per heavy atom. The molecule has 0 saturated heterocycles. The SMILES string of the molecule is Nc1c(S(=O)(=O)O)cc2c(S(=O)(=O)O)cccc2c1O. The summed E-state index contributed by atoms with van der Waals surface area (Å²) < 4.78 is 62.9. The first-order chi connectivity index (χ1) is 9.03. The number of benzene rings is 2. The van der Waals surface area contributed by atoms with Crippen molar-refractivity contribution >= 4 is 36.7 Å². The zero-order valence-corrected chi connectivity index (χ0v) is 11.3. The van der Waals surface area contributed by atoms with Gasteiger partial charge in [0.15, 0.2) is 0 Å². The number of phenols is 1. The molecule has 8 nitrogen and oxygen atoms in total. The minimum Gasteiger partial charge on any atom is -0.505 e. The third kappa shape index (κ3) is 2.29. The molecule has 0 fully saturated rings. The van der Waals surface area contributed by atoms with Gasteiger partial charge in [-0.1, -0.05) is 12.1 Å². The molecule has 0 unspecified atom stereocenters. The van der Waals surface area contributed by atoms with Crippen LogP contribution in [-0.4, -0.2) is 31.0 Å². The molecule has 0 spiro atoms. The van der Waals surface area contributed by atoms with Crippen LogP contribution in [0.1, 0.15) is 0 Å². The smallest absolute Gasteiger partial charge is 0.296 e. The van der Waals surface area contributed by atoms with Gasteiger partial charge in [-0.15, -0.1) is 0 Å². The highest BCUT2D eigenvalue weighted by Crippen LogP contribution is 2.38. The van der Waals surface area contributed by atoms with Crippen LogP contribution in [0.15, 0.2) is 34.1 Å². The molecule has 0 aliphatic rings. The predicted octanol–water partition coefficient (Wildman–Crippen LogP) is 0.621. The second kappa shape index (κ2) is 4.31. The number of aromatic hydroxyl groups is 1. The second-order valence-corrected chi connectivity index (χ2v) is 6.72. The lowest BCUT2D eigenvalue weighted by molar-refractivity contribution is 0.473. The van der Waals surface area contributed by atoms with E-state index in [2.05, 4.69) is 0 Å². The molecule has 0 aromatic heterocycles. The molecule has 0 bridgehead atoms. The van der Waals surface area contributed by atoms with E-state index in [4.69, 9.17) is 14.8 Å². The van der Waals surface area contributed by atoms with E-state index >= 15 is 0 Å². The molecule has 2 aromatic carbocycles. The molecule has 0 saturated carbocycles. The number of rotatable bonds is 2. The van der Waals surface area contributed by atoms with Gasteiger partial charge in [0.1, 0.15) is 15.5 Å². The predicted molar refractivity (Wildman–Crippen MR) is 69.7 cm³/mol. The van der Waals surface area contributed by atoms with E-state index in [1.807, 2.05) is 0 Å². The zero-order chi connectivity index (χ0) is 15.3. The molecule has 0 heterocycles. The first-order valence-corrected chi connectivity index (χ1v) is 7.90. The molecule has 0 amide bonds. The summed E-state index contributed by atoms with van der Waals surface area (Å²) in [5.41, 5.74) is 4.77. The molecular formula is C10H9NO7S2. The lowest BCUT2D eigenvalue weighted by Crippen LogP contribution is -2.05. The number of phenolic OH excluding ortho intramolecular Hbond substituents is 1. The average Bonchev–Trinajstić information content (AvgIpc) is 2.30. The Balaban J connectivity index is 3.09.